The van der Waals surface area contributed by atoms with E-state index in [2.05, 4.69) is 9.46 Å². The number of nitro benzene ring substituents is 1. The average Bonchev–Trinajstić information content (AvgIpc) is 2.66. The summed E-state index contributed by atoms with van der Waals surface area (Å²) in [6.45, 7) is 0. The number of benzene rings is 2. The number of ether oxygens (including phenoxy) is 3. The summed E-state index contributed by atoms with van der Waals surface area (Å²) in [7, 11) is -0.283. The normalized spacial score (nSPS) is 10.8. The lowest BCUT2D eigenvalue weighted by atomic mass is 10.1. The summed E-state index contributed by atoms with van der Waals surface area (Å²) < 4.78 is 42.3. The Kier molecular flexibility index (Phi) is 5.85. The van der Waals surface area contributed by atoms with Gasteiger partial charge in [0.25, 0.3) is 15.7 Å². The van der Waals surface area contributed by atoms with Crippen molar-refractivity contribution in [3.8, 4) is 11.5 Å². The Hall–Kier alpha value is -3.34. The second-order valence-electron chi connectivity index (χ2n) is 5.10. The van der Waals surface area contributed by atoms with E-state index in [4.69, 9.17) is 9.47 Å². The van der Waals surface area contributed by atoms with Gasteiger partial charge in [0.1, 0.15) is 0 Å². The highest BCUT2D eigenvalue weighted by atomic mass is 32.2. The van der Waals surface area contributed by atoms with Crippen molar-refractivity contribution in [1.29, 1.82) is 0 Å². The summed E-state index contributed by atoms with van der Waals surface area (Å²) in [6.07, 6.45) is 0. The van der Waals surface area contributed by atoms with Crippen molar-refractivity contribution in [2.45, 2.75) is 4.90 Å². The minimum Gasteiger partial charge on any atom is -0.493 e. The lowest BCUT2D eigenvalue weighted by molar-refractivity contribution is -0.384. The van der Waals surface area contributed by atoms with E-state index in [1.165, 1.54) is 26.4 Å². The number of non-ortho nitro benzene ring substituents is 1. The molecule has 0 spiro atoms. The molecule has 0 fully saturated rings. The molecular formula is C16H16N2O8S. The molecule has 0 aliphatic heterocycles. The van der Waals surface area contributed by atoms with Gasteiger partial charge in [-0.2, -0.15) is 0 Å². The highest BCUT2D eigenvalue weighted by molar-refractivity contribution is 7.92. The van der Waals surface area contributed by atoms with E-state index in [0.717, 1.165) is 31.4 Å². The third-order valence-electron chi connectivity index (χ3n) is 3.53. The number of carbonyl (C=O) groups is 1. The highest BCUT2D eigenvalue weighted by Crippen LogP contribution is 2.34. The van der Waals surface area contributed by atoms with Gasteiger partial charge in [-0.1, -0.05) is 0 Å². The molecule has 0 radical (unpaired) electrons. The fraction of sp³-hybridized carbons (Fsp3) is 0.188. The van der Waals surface area contributed by atoms with E-state index in [1.54, 1.807) is 0 Å². The Morgan fingerprint density at radius 2 is 1.59 bits per heavy atom. The monoisotopic (exact) mass is 396 g/mol. The van der Waals surface area contributed by atoms with Crippen LogP contribution in [0.4, 0.5) is 11.4 Å². The molecule has 1 N–H and O–H groups in total. The van der Waals surface area contributed by atoms with Crippen LogP contribution in [-0.4, -0.2) is 40.6 Å². The number of hydrogen-bond donors (Lipinski definition) is 1. The zero-order chi connectivity index (χ0) is 20.2. The molecule has 0 aliphatic carbocycles. The number of anilines is 1. The second kappa shape index (κ2) is 7.91. The van der Waals surface area contributed by atoms with Crippen molar-refractivity contribution in [2.75, 3.05) is 26.1 Å². The van der Waals surface area contributed by atoms with Crippen LogP contribution in [-0.2, 0) is 14.8 Å². The number of nitrogens with one attached hydrogen (secondary N) is 1. The third kappa shape index (κ3) is 4.26. The molecule has 0 aliphatic rings. The lowest BCUT2D eigenvalue weighted by Gasteiger charge is -2.15. The van der Waals surface area contributed by atoms with Crippen LogP contribution in [0, 0.1) is 10.1 Å². The van der Waals surface area contributed by atoms with Crippen LogP contribution in [0.25, 0.3) is 0 Å². The molecule has 0 saturated carbocycles. The first-order valence-electron chi connectivity index (χ1n) is 7.35. The van der Waals surface area contributed by atoms with Crippen LogP contribution >= 0.6 is 0 Å². The predicted molar refractivity (Wildman–Crippen MR) is 94.8 cm³/mol. The molecule has 2 rings (SSSR count). The zero-order valence-electron chi connectivity index (χ0n) is 14.6. The largest absolute Gasteiger partial charge is 0.493 e. The van der Waals surface area contributed by atoms with E-state index in [-0.39, 0.29) is 33.3 Å². The first-order chi connectivity index (χ1) is 12.7. The smallest absolute Gasteiger partial charge is 0.340 e. The highest BCUT2D eigenvalue weighted by Gasteiger charge is 2.23. The Morgan fingerprint density at radius 1 is 1.04 bits per heavy atom. The topological polar surface area (TPSA) is 134 Å². The summed E-state index contributed by atoms with van der Waals surface area (Å²) >= 11 is 0. The van der Waals surface area contributed by atoms with E-state index in [1.807, 2.05) is 0 Å². The number of nitrogens with zero attached hydrogens (tertiary/aromatic N) is 1. The first kappa shape index (κ1) is 20.0. The summed E-state index contributed by atoms with van der Waals surface area (Å²) in [6, 6.07) is 6.83. The fourth-order valence-corrected chi connectivity index (χ4v) is 3.26. The van der Waals surface area contributed by atoms with Crippen molar-refractivity contribution >= 4 is 27.4 Å². The summed E-state index contributed by atoms with van der Waals surface area (Å²) in [5.74, 6) is -0.403. The van der Waals surface area contributed by atoms with Crippen molar-refractivity contribution in [3.63, 3.8) is 0 Å². The molecule has 11 heteroatoms. The van der Waals surface area contributed by atoms with Crippen LogP contribution in [0.15, 0.2) is 41.3 Å². The van der Waals surface area contributed by atoms with Gasteiger partial charge in [-0.3, -0.25) is 14.8 Å². The van der Waals surface area contributed by atoms with Gasteiger partial charge in [-0.05, 0) is 12.1 Å². The van der Waals surface area contributed by atoms with Gasteiger partial charge in [0, 0.05) is 24.3 Å². The Bertz CT molecular complexity index is 971. The van der Waals surface area contributed by atoms with Crippen LogP contribution in [0.2, 0.25) is 0 Å². The molecule has 27 heavy (non-hydrogen) atoms. The molecule has 0 unspecified atom stereocenters. The number of sulfonamides is 1. The SMILES string of the molecule is COC(=O)c1cc(OC)c(OC)cc1NS(=O)(=O)c1ccc([N+](=O)[O-])cc1. The van der Waals surface area contributed by atoms with Gasteiger partial charge in [-0.15, -0.1) is 0 Å². The summed E-state index contributed by atoms with van der Waals surface area (Å²) in [4.78, 5) is 21.8. The second-order valence-corrected chi connectivity index (χ2v) is 6.78. The molecule has 2 aromatic carbocycles. The fourth-order valence-electron chi connectivity index (χ4n) is 2.19. The Balaban J connectivity index is 2.50. The molecule has 0 atom stereocenters. The van der Waals surface area contributed by atoms with Gasteiger partial charge in [-0.25, -0.2) is 13.2 Å². The molecule has 144 valence electrons. The minimum atomic E-state index is -4.14. The Morgan fingerprint density at radius 3 is 2.07 bits per heavy atom. The van der Waals surface area contributed by atoms with Gasteiger partial charge in [0.15, 0.2) is 11.5 Å². The molecule has 10 nitrogen and oxygen atoms in total. The van der Waals surface area contributed by atoms with Gasteiger partial charge < -0.3 is 14.2 Å². The van der Waals surface area contributed by atoms with Crippen molar-refractivity contribution in [2.24, 2.45) is 0 Å². The van der Waals surface area contributed by atoms with Crippen LogP contribution in [0.1, 0.15) is 10.4 Å². The van der Waals surface area contributed by atoms with Crippen LogP contribution < -0.4 is 14.2 Å². The molecule has 0 aromatic heterocycles. The number of nitro groups is 1. The van der Waals surface area contributed by atoms with Crippen molar-refractivity contribution in [3.05, 3.63) is 52.1 Å². The number of esters is 1. The molecule has 0 heterocycles. The summed E-state index contributed by atoms with van der Waals surface area (Å²) in [5, 5.41) is 10.7. The first-order valence-corrected chi connectivity index (χ1v) is 8.83. The van der Waals surface area contributed by atoms with Gasteiger partial charge in [0.05, 0.1) is 42.4 Å². The van der Waals surface area contributed by atoms with E-state index >= 15 is 0 Å². The van der Waals surface area contributed by atoms with Crippen LogP contribution in [0.5, 0.6) is 11.5 Å². The third-order valence-corrected chi connectivity index (χ3v) is 4.91. The quantitative estimate of drug-likeness (QED) is 0.428. The minimum absolute atomic E-state index is 0.0966. The standard InChI is InChI=1S/C16H16N2O8S/c1-24-14-8-12(16(19)26-3)13(9-15(14)25-2)17-27(22,23)11-6-4-10(5-7-11)18(20)21/h4-9,17H,1-3H3. The number of carbonyl (C=O) groups excluding carboxylic acids is 1. The van der Waals surface area contributed by atoms with E-state index in [0.29, 0.717) is 0 Å². The maximum atomic E-state index is 12.6. The number of rotatable bonds is 7. The predicted octanol–water partition coefficient (Wildman–Crippen LogP) is 2.20. The molecule has 0 bridgehead atoms. The van der Waals surface area contributed by atoms with Gasteiger partial charge >= 0.3 is 5.97 Å². The number of methoxy groups -OCH3 is 3. The Labute approximate surface area is 154 Å². The molecule has 2 aromatic rings. The average molecular weight is 396 g/mol. The summed E-state index contributed by atoms with van der Waals surface area (Å²) in [5.41, 5.74) is -0.450. The maximum Gasteiger partial charge on any atom is 0.340 e. The molecule has 0 saturated heterocycles. The van der Waals surface area contributed by atoms with Crippen molar-refractivity contribution < 1.29 is 32.3 Å². The van der Waals surface area contributed by atoms with Gasteiger partial charge in [0.2, 0.25) is 0 Å². The van der Waals surface area contributed by atoms with Crippen LogP contribution in [0.3, 0.4) is 0 Å². The number of hydrogen-bond acceptors (Lipinski definition) is 8. The van der Waals surface area contributed by atoms with E-state index in [9.17, 15) is 23.3 Å². The van der Waals surface area contributed by atoms with Crippen molar-refractivity contribution in [1.82, 2.24) is 0 Å². The molecular weight excluding hydrogens is 380 g/mol. The van der Waals surface area contributed by atoms with E-state index < -0.39 is 20.9 Å². The maximum absolute atomic E-state index is 12.6. The lowest BCUT2D eigenvalue weighted by Crippen LogP contribution is -2.16. The zero-order valence-corrected chi connectivity index (χ0v) is 15.4. The molecule has 0 amide bonds.